The topological polar surface area (TPSA) is 117 Å². The number of rotatable bonds is 4. The summed E-state index contributed by atoms with van der Waals surface area (Å²) in [5.41, 5.74) is -0.465. The van der Waals surface area contributed by atoms with E-state index in [4.69, 9.17) is 14.2 Å². The van der Waals surface area contributed by atoms with E-state index in [-0.39, 0.29) is 28.7 Å². The van der Waals surface area contributed by atoms with Gasteiger partial charge in [-0.05, 0) is 18.2 Å². The Labute approximate surface area is 130 Å². The Morgan fingerprint density at radius 1 is 1.43 bits per heavy atom. The first kappa shape index (κ1) is 16.1. The first-order valence-corrected chi connectivity index (χ1v) is 6.36. The van der Waals surface area contributed by atoms with E-state index >= 15 is 0 Å². The molecule has 0 bridgehead atoms. The van der Waals surface area contributed by atoms with E-state index in [1.54, 1.807) is 0 Å². The van der Waals surface area contributed by atoms with E-state index in [0.717, 1.165) is 6.92 Å². The summed E-state index contributed by atoms with van der Waals surface area (Å²) in [5.74, 6) is -1.54. The molecular formula is C14H12N2O7. The zero-order chi connectivity index (χ0) is 17.1. The predicted molar refractivity (Wildman–Crippen MR) is 78.1 cm³/mol. The van der Waals surface area contributed by atoms with Crippen LogP contribution in [-0.4, -0.2) is 29.9 Å². The highest BCUT2D eigenvalue weighted by Crippen LogP contribution is 2.40. The van der Waals surface area contributed by atoms with Crippen LogP contribution in [0.4, 0.5) is 5.69 Å². The van der Waals surface area contributed by atoms with E-state index in [0.29, 0.717) is 0 Å². The molecule has 0 spiro atoms. The molecule has 1 aromatic carbocycles. The number of carbonyl (C=O) groups is 2. The van der Waals surface area contributed by atoms with Gasteiger partial charge in [0.25, 0.3) is 0 Å². The fraction of sp³-hybridized carbons (Fsp3) is 0.214. The maximum atomic E-state index is 11.6. The monoisotopic (exact) mass is 320 g/mol. The average Bonchev–Trinajstić information content (AvgIpc) is 2.77. The third-order valence-corrected chi connectivity index (χ3v) is 2.79. The molecule has 0 amide bonds. The zero-order valence-electron chi connectivity index (χ0n) is 12.5. The van der Waals surface area contributed by atoms with Crippen LogP contribution in [0.3, 0.4) is 0 Å². The minimum Gasteiger partial charge on any atom is -0.488 e. The van der Waals surface area contributed by atoms with Gasteiger partial charge in [0.1, 0.15) is 0 Å². The van der Waals surface area contributed by atoms with Crippen molar-refractivity contribution in [3.8, 4) is 11.5 Å². The van der Waals surface area contributed by atoms with Crippen molar-refractivity contribution in [3.63, 3.8) is 0 Å². The standard InChI is InChI=1S/C14H12N2O7/c1-7-15-10(14(18)22-7)6-9-4-5-11(23-8(2)17)13(21-3)12(9)16(19)20/h4-6H,1-3H3/b10-6-. The Hall–Kier alpha value is -3.23. The number of carbonyl (C=O) groups excluding carboxylic acids is 2. The summed E-state index contributed by atoms with van der Waals surface area (Å²) in [5, 5.41) is 11.4. The van der Waals surface area contributed by atoms with Crippen molar-refractivity contribution in [2.24, 2.45) is 4.99 Å². The molecule has 0 unspecified atom stereocenters. The van der Waals surface area contributed by atoms with Crippen LogP contribution in [0.1, 0.15) is 19.4 Å². The summed E-state index contributed by atoms with van der Waals surface area (Å²) in [6.45, 7) is 2.64. The average molecular weight is 320 g/mol. The zero-order valence-corrected chi connectivity index (χ0v) is 12.5. The van der Waals surface area contributed by atoms with Gasteiger partial charge < -0.3 is 14.2 Å². The number of hydrogen-bond acceptors (Lipinski definition) is 8. The Bertz CT molecular complexity index is 765. The summed E-state index contributed by atoms with van der Waals surface area (Å²) in [6.07, 6.45) is 1.21. The SMILES string of the molecule is COc1c(OC(C)=O)ccc(/C=C2\N=C(C)OC2=O)c1[N+](=O)[O-]. The lowest BCUT2D eigenvalue weighted by Gasteiger charge is -2.09. The lowest BCUT2D eigenvalue weighted by molar-refractivity contribution is -0.386. The van der Waals surface area contributed by atoms with Crippen molar-refractivity contribution in [2.75, 3.05) is 7.11 Å². The molecule has 0 saturated heterocycles. The van der Waals surface area contributed by atoms with Crippen LogP contribution >= 0.6 is 0 Å². The Balaban J connectivity index is 2.61. The number of esters is 2. The quantitative estimate of drug-likeness (QED) is 0.273. The van der Waals surface area contributed by atoms with Crippen molar-refractivity contribution >= 4 is 29.6 Å². The van der Waals surface area contributed by atoms with Crippen LogP contribution in [0.15, 0.2) is 22.8 Å². The molecule has 1 heterocycles. The number of ether oxygens (including phenoxy) is 3. The van der Waals surface area contributed by atoms with Crippen LogP contribution in [-0.2, 0) is 14.3 Å². The summed E-state index contributed by atoms with van der Waals surface area (Å²) < 4.78 is 14.6. The van der Waals surface area contributed by atoms with Gasteiger partial charge in [-0.25, -0.2) is 9.79 Å². The van der Waals surface area contributed by atoms with Gasteiger partial charge in [-0.1, -0.05) is 0 Å². The van der Waals surface area contributed by atoms with Crippen molar-refractivity contribution in [3.05, 3.63) is 33.5 Å². The van der Waals surface area contributed by atoms with E-state index in [2.05, 4.69) is 4.99 Å². The summed E-state index contributed by atoms with van der Waals surface area (Å²) in [6, 6.07) is 2.65. The Kier molecular flexibility index (Phi) is 4.39. The molecule has 23 heavy (non-hydrogen) atoms. The third-order valence-electron chi connectivity index (χ3n) is 2.79. The van der Waals surface area contributed by atoms with Crippen molar-refractivity contribution in [1.29, 1.82) is 0 Å². The van der Waals surface area contributed by atoms with Crippen LogP contribution in [0.25, 0.3) is 6.08 Å². The number of methoxy groups -OCH3 is 1. The largest absolute Gasteiger partial charge is 0.488 e. The van der Waals surface area contributed by atoms with Gasteiger partial charge in [0, 0.05) is 13.8 Å². The molecule has 1 aliphatic rings. The molecular weight excluding hydrogens is 308 g/mol. The highest BCUT2D eigenvalue weighted by molar-refractivity contribution is 6.06. The second-order valence-corrected chi connectivity index (χ2v) is 4.44. The highest BCUT2D eigenvalue weighted by Gasteiger charge is 2.27. The van der Waals surface area contributed by atoms with Gasteiger partial charge in [0.15, 0.2) is 17.3 Å². The maximum Gasteiger partial charge on any atom is 0.363 e. The smallest absolute Gasteiger partial charge is 0.363 e. The molecule has 1 aromatic rings. The number of cyclic esters (lactones) is 1. The first-order valence-electron chi connectivity index (χ1n) is 6.36. The fourth-order valence-corrected chi connectivity index (χ4v) is 1.97. The lowest BCUT2D eigenvalue weighted by atomic mass is 10.1. The summed E-state index contributed by atoms with van der Waals surface area (Å²) in [4.78, 5) is 37.1. The maximum absolute atomic E-state index is 11.6. The highest BCUT2D eigenvalue weighted by atomic mass is 16.6. The molecule has 0 radical (unpaired) electrons. The van der Waals surface area contributed by atoms with Gasteiger partial charge in [-0.15, -0.1) is 0 Å². The Morgan fingerprint density at radius 3 is 2.61 bits per heavy atom. The van der Waals surface area contributed by atoms with Gasteiger partial charge >= 0.3 is 17.6 Å². The van der Waals surface area contributed by atoms with Gasteiger partial charge in [-0.3, -0.25) is 14.9 Å². The normalized spacial score (nSPS) is 15.2. The minimum absolute atomic E-state index is 0.0631. The second kappa shape index (κ2) is 6.26. The number of nitro groups is 1. The number of benzene rings is 1. The predicted octanol–water partition coefficient (Wildman–Crippen LogP) is 1.84. The second-order valence-electron chi connectivity index (χ2n) is 4.44. The summed E-state index contributed by atoms with van der Waals surface area (Å²) in [7, 11) is 1.21. The first-order chi connectivity index (χ1) is 10.8. The minimum atomic E-state index is -0.708. The number of nitro benzene ring substituents is 1. The molecule has 120 valence electrons. The molecule has 0 saturated carbocycles. The van der Waals surface area contributed by atoms with Gasteiger partial charge in [0.05, 0.1) is 17.6 Å². The number of nitrogens with zero attached hydrogens (tertiary/aromatic N) is 2. The number of hydrogen-bond donors (Lipinski definition) is 0. The molecule has 2 rings (SSSR count). The number of aliphatic imine (C=N–C) groups is 1. The molecule has 9 nitrogen and oxygen atoms in total. The van der Waals surface area contributed by atoms with Gasteiger partial charge in [-0.2, -0.15) is 0 Å². The molecule has 0 aromatic heterocycles. The molecule has 1 aliphatic heterocycles. The van der Waals surface area contributed by atoms with Gasteiger partial charge in [0.2, 0.25) is 5.75 Å². The van der Waals surface area contributed by atoms with Crippen molar-refractivity contribution in [1.82, 2.24) is 0 Å². The van der Waals surface area contributed by atoms with Crippen LogP contribution in [0.2, 0.25) is 0 Å². The molecule has 0 aliphatic carbocycles. The van der Waals surface area contributed by atoms with E-state index in [9.17, 15) is 19.7 Å². The van der Waals surface area contributed by atoms with Crippen LogP contribution in [0, 0.1) is 10.1 Å². The lowest BCUT2D eigenvalue weighted by Crippen LogP contribution is -2.06. The van der Waals surface area contributed by atoms with Crippen molar-refractivity contribution in [2.45, 2.75) is 13.8 Å². The van der Waals surface area contributed by atoms with Crippen LogP contribution < -0.4 is 9.47 Å². The molecule has 0 N–H and O–H groups in total. The molecule has 0 atom stereocenters. The van der Waals surface area contributed by atoms with Crippen LogP contribution in [0.5, 0.6) is 11.5 Å². The molecule has 9 heteroatoms. The van der Waals surface area contributed by atoms with Crippen molar-refractivity contribution < 1.29 is 28.7 Å². The Morgan fingerprint density at radius 2 is 2.13 bits per heavy atom. The third kappa shape index (κ3) is 3.34. The van der Waals surface area contributed by atoms with E-state index in [1.165, 1.54) is 32.2 Å². The summed E-state index contributed by atoms with van der Waals surface area (Å²) >= 11 is 0. The molecule has 0 fully saturated rings. The fourth-order valence-electron chi connectivity index (χ4n) is 1.97. The van der Waals surface area contributed by atoms with E-state index < -0.39 is 22.5 Å². The van der Waals surface area contributed by atoms with E-state index in [1.807, 2.05) is 0 Å².